The summed E-state index contributed by atoms with van der Waals surface area (Å²) >= 11 is 9.72. The van der Waals surface area contributed by atoms with Gasteiger partial charge < -0.3 is 5.32 Å². The summed E-state index contributed by atoms with van der Waals surface area (Å²) in [6, 6.07) is 12.1. The molecule has 1 atom stereocenters. The van der Waals surface area contributed by atoms with Crippen LogP contribution >= 0.6 is 27.5 Å². The highest BCUT2D eigenvalue weighted by Crippen LogP contribution is 2.32. The Bertz CT molecular complexity index is 574. The molecule has 1 unspecified atom stereocenters. The highest BCUT2D eigenvalue weighted by Gasteiger charge is 2.18. The van der Waals surface area contributed by atoms with E-state index in [-0.39, 0.29) is 11.9 Å². The molecule has 0 heterocycles. The average Bonchev–Trinajstić information content (AvgIpc) is 2.40. The van der Waals surface area contributed by atoms with Gasteiger partial charge in [0.25, 0.3) is 0 Å². The standard InChI is InChI=1S/C15H14BrClFN/c1-2-19-15(11-5-3-4-6-14(11)17)12-9-10(18)7-8-13(12)16/h3-9,15,19H,2H2,1H3. The third kappa shape index (κ3) is 3.35. The van der Waals surface area contributed by atoms with Crippen LogP contribution in [0.25, 0.3) is 0 Å². The van der Waals surface area contributed by atoms with Crippen LogP contribution in [-0.2, 0) is 0 Å². The number of rotatable bonds is 4. The SMILES string of the molecule is CCNC(c1ccccc1Cl)c1cc(F)ccc1Br. The third-order valence-electron chi connectivity index (χ3n) is 2.89. The molecule has 100 valence electrons. The van der Waals surface area contributed by atoms with Gasteiger partial charge in [-0.2, -0.15) is 0 Å². The lowest BCUT2D eigenvalue weighted by Crippen LogP contribution is -2.22. The fraction of sp³-hybridized carbons (Fsp3) is 0.200. The van der Waals surface area contributed by atoms with E-state index in [1.54, 1.807) is 6.07 Å². The van der Waals surface area contributed by atoms with Crippen LogP contribution in [0, 0.1) is 5.82 Å². The zero-order valence-electron chi connectivity index (χ0n) is 10.5. The van der Waals surface area contributed by atoms with Crippen molar-refractivity contribution in [2.45, 2.75) is 13.0 Å². The molecule has 2 aromatic carbocycles. The zero-order chi connectivity index (χ0) is 13.8. The Hall–Kier alpha value is -0.900. The Morgan fingerprint density at radius 1 is 1.21 bits per heavy atom. The Morgan fingerprint density at radius 3 is 2.63 bits per heavy atom. The van der Waals surface area contributed by atoms with E-state index in [4.69, 9.17) is 11.6 Å². The van der Waals surface area contributed by atoms with E-state index in [1.807, 2.05) is 31.2 Å². The van der Waals surface area contributed by atoms with Crippen molar-refractivity contribution in [3.8, 4) is 0 Å². The van der Waals surface area contributed by atoms with Gasteiger partial charge in [-0.25, -0.2) is 4.39 Å². The topological polar surface area (TPSA) is 12.0 Å². The molecule has 0 aliphatic rings. The van der Waals surface area contributed by atoms with E-state index in [9.17, 15) is 4.39 Å². The summed E-state index contributed by atoms with van der Waals surface area (Å²) in [6.07, 6.45) is 0. The minimum absolute atomic E-state index is 0.135. The number of hydrogen-bond donors (Lipinski definition) is 1. The molecule has 0 aliphatic heterocycles. The average molecular weight is 343 g/mol. The normalized spacial score (nSPS) is 12.4. The fourth-order valence-electron chi connectivity index (χ4n) is 2.04. The number of benzene rings is 2. The minimum Gasteiger partial charge on any atom is -0.306 e. The van der Waals surface area contributed by atoms with E-state index in [0.717, 1.165) is 22.1 Å². The molecule has 1 N–H and O–H groups in total. The molecule has 0 spiro atoms. The van der Waals surface area contributed by atoms with Crippen molar-refractivity contribution in [3.05, 3.63) is 68.9 Å². The van der Waals surface area contributed by atoms with Gasteiger partial charge in [0.1, 0.15) is 5.82 Å². The highest BCUT2D eigenvalue weighted by atomic mass is 79.9. The maximum Gasteiger partial charge on any atom is 0.123 e. The number of nitrogens with one attached hydrogen (secondary N) is 1. The van der Waals surface area contributed by atoms with Gasteiger partial charge in [-0.15, -0.1) is 0 Å². The maximum absolute atomic E-state index is 13.5. The third-order valence-corrected chi connectivity index (χ3v) is 3.96. The maximum atomic E-state index is 13.5. The second kappa shape index (κ2) is 6.51. The molecule has 0 bridgehead atoms. The molecule has 19 heavy (non-hydrogen) atoms. The summed E-state index contributed by atoms with van der Waals surface area (Å²) < 4.78 is 14.3. The van der Waals surface area contributed by atoms with Crippen molar-refractivity contribution in [1.82, 2.24) is 5.32 Å². The molecule has 0 saturated carbocycles. The summed E-state index contributed by atoms with van der Waals surface area (Å²) in [7, 11) is 0. The van der Waals surface area contributed by atoms with Crippen molar-refractivity contribution in [1.29, 1.82) is 0 Å². The number of halogens is 3. The Morgan fingerprint density at radius 2 is 1.95 bits per heavy atom. The van der Waals surface area contributed by atoms with Crippen LogP contribution in [0.4, 0.5) is 4.39 Å². The van der Waals surface area contributed by atoms with Crippen LogP contribution in [0.5, 0.6) is 0 Å². The molecule has 4 heteroatoms. The van der Waals surface area contributed by atoms with E-state index in [1.165, 1.54) is 12.1 Å². The van der Waals surface area contributed by atoms with Gasteiger partial charge in [-0.1, -0.05) is 52.7 Å². The fourth-order valence-corrected chi connectivity index (χ4v) is 2.76. The van der Waals surface area contributed by atoms with Crippen molar-refractivity contribution in [3.63, 3.8) is 0 Å². The van der Waals surface area contributed by atoms with Crippen molar-refractivity contribution in [2.75, 3.05) is 6.54 Å². The molecular formula is C15H14BrClFN. The van der Waals surface area contributed by atoms with Crippen LogP contribution in [0.1, 0.15) is 24.1 Å². The Labute approximate surface area is 125 Å². The first-order valence-corrected chi connectivity index (χ1v) is 7.23. The summed E-state index contributed by atoms with van der Waals surface area (Å²) in [6.45, 7) is 2.77. The molecule has 1 nitrogen and oxygen atoms in total. The summed E-state index contributed by atoms with van der Waals surface area (Å²) in [5.41, 5.74) is 1.78. The quantitative estimate of drug-likeness (QED) is 0.830. The minimum atomic E-state index is -0.256. The highest BCUT2D eigenvalue weighted by molar-refractivity contribution is 9.10. The first kappa shape index (κ1) is 14.5. The second-order valence-corrected chi connectivity index (χ2v) is 5.44. The second-order valence-electron chi connectivity index (χ2n) is 4.18. The molecule has 0 aliphatic carbocycles. The van der Waals surface area contributed by atoms with E-state index in [0.29, 0.717) is 5.02 Å². The van der Waals surface area contributed by atoms with Crippen molar-refractivity contribution >= 4 is 27.5 Å². The Balaban J connectivity index is 2.51. The molecule has 2 rings (SSSR count). The van der Waals surface area contributed by atoms with E-state index < -0.39 is 0 Å². The summed E-state index contributed by atoms with van der Waals surface area (Å²) in [5.74, 6) is -0.256. The van der Waals surface area contributed by atoms with E-state index >= 15 is 0 Å². The zero-order valence-corrected chi connectivity index (χ0v) is 12.8. The van der Waals surface area contributed by atoms with Gasteiger partial charge in [0.2, 0.25) is 0 Å². The van der Waals surface area contributed by atoms with Crippen molar-refractivity contribution in [2.24, 2.45) is 0 Å². The van der Waals surface area contributed by atoms with Gasteiger partial charge in [0.05, 0.1) is 6.04 Å². The molecule has 2 aromatic rings. The molecular weight excluding hydrogens is 329 g/mol. The lowest BCUT2D eigenvalue weighted by atomic mass is 9.98. The van der Waals surface area contributed by atoms with Gasteiger partial charge in [-0.3, -0.25) is 0 Å². The number of hydrogen-bond acceptors (Lipinski definition) is 1. The largest absolute Gasteiger partial charge is 0.306 e. The molecule has 0 aromatic heterocycles. The van der Waals surface area contributed by atoms with Gasteiger partial charge in [-0.05, 0) is 41.9 Å². The van der Waals surface area contributed by atoms with E-state index in [2.05, 4.69) is 21.2 Å². The van der Waals surface area contributed by atoms with Crippen LogP contribution in [-0.4, -0.2) is 6.54 Å². The Kier molecular flexibility index (Phi) is 4.97. The van der Waals surface area contributed by atoms with Gasteiger partial charge >= 0.3 is 0 Å². The smallest absolute Gasteiger partial charge is 0.123 e. The summed E-state index contributed by atoms with van der Waals surface area (Å²) in [4.78, 5) is 0. The summed E-state index contributed by atoms with van der Waals surface area (Å²) in [5, 5.41) is 4.01. The van der Waals surface area contributed by atoms with Gasteiger partial charge in [0, 0.05) is 9.50 Å². The first-order chi connectivity index (χ1) is 9.13. The monoisotopic (exact) mass is 341 g/mol. The van der Waals surface area contributed by atoms with Crippen molar-refractivity contribution < 1.29 is 4.39 Å². The first-order valence-electron chi connectivity index (χ1n) is 6.06. The molecule has 0 saturated heterocycles. The van der Waals surface area contributed by atoms with Crippen LogP contribution in [0.3, 0.4) is 0 Å². The molecule has 0 amide bonds. The van der Waals surface area contributed by atoms with Crippen LogP contribution < -0.4 is 5.32 Å². The molecule has 0 radical (unpaired) electrons. The predicted octanol–water partition coefficient (Wildman–Crippen LogP) is 4.94. The van der Waals surface area contributed by atoms with Crippen LogP contribution in [0.15, 0.2) is 46.9 Å². The molecule has 0 fully saturated rings. The van der Waals surface area contributed by atoms with Crippen LogP contribution in [0.2, 0.25) is 5.02 Å². The lowest BCUT2D eigenvalue weighted by Gasteiger charge is -2.21. The van der Waals surface area contributed by atoms with Gasteiger partial charge in [0.15, 0.2) is 0 Å². The predicted molar refractivity (Wildman–Crippen MR) is 81.1 cm³/mol. The lowest BCUT2D eigenvalue weighted by molar-refractivity contribution is 0.601.